The Morgan fingerprint density at radius 1 is 1.21 bits per heavy atom. The van der Waals surface area contributed by atoms with Gasteiger partial charge in [0.1, 0.15) is 5.01 Å². The summed E-state index contributed by atoms with van der Waals surface area (Å²) in [4.78, 5) is 8.24. The molecule has 0 saturated carbocycles. The topological polar surface area (TPSA) is 42.1 Å². The van der Waals surface area contributed by atoms with Crippen LogP contribution in [0.15, 0.2) is 24.3 Å². The Morgan fingerprint density at radius 3 is 2.58 bits per heavy atom. The number of benzene rings is 1. The summed E-state index contributed by atoms with van der Waals surface area (Å²) >= 11 is 1.79. The van der Waals surface area contributed by atoms with Crippen LogP contribution >= 0.6 is 11.3 Å². The maximum atomic E-state index is 6.34. The summed E-state index contributed by atoms with van der Waals surface area (Å²) in [5.41, 5.74) is 9.95. The maximum absolute atomic E-state index is 6.34. The quantitative estimate of drug-likeness (QED) is 0.935. The van der Waals surface area contributed by atoms with Crippen molar-refractivity contribution < 1.29 is 0 Å². The number of aryl methyl sites for hydroxylation is 2. The van der Waals surface area contributed by atoms with Crippen LogP contribution in [0.1, 0.15) is 33.6 Å². The van der Waals surface area contributed by atoms with Crippen LogP contribution in [0.25, 0.3) is 0 Å². The van der Waals surface area contributed by atoms with Crippen LogP contribution in [0.2, 0.25) is 0 Å². The molecule has 3 rings (SSSR count). The van der Waals surface area contributed by atoms with Gasteiger partial charge < -0.3 is 10.6 Å². The fourth-order valence-electron chi connectivity index (χ4n) is 2.47. The molecule has 1 heterocycles. The lowest BCUT2D eigenvalue weighted by molar-refractivity contribution is 0.833. The number of nitrogens with two attached hydrogens (primary N) is 1. The van der Waals surface area contributed by atoms with Crippen LogP contribution in [-0.4, -0.2) is 19.1 Å². The van der Waals surface area contributed by atoms with Crippen LogP contribution < -0.4 is 10.6 Å². The molecule has 2 aromatic rings. The van der Waals surface area contributed by atoms with E-state index < -0.39 is 0 Å². The van der Waals surface area contributed by atoms with E-state index in [0.717, 1.165) is 17.0 Å². The van der Waals surface area contributed by atoms with Gasteiger partial charge in [0.15, 0.2) is 0 Å². The van der Waals surface area contributed by atoms with Crippen molar-refractivity contribution in [2.45, 2.75) is 25.3 Å². The van der Waals surface area contributed by atoms with Gasteiger partial charge >= 0.3 is 0 Å². The van der Waals surface area contributed by atoms with E-state index in [2.05, 4.69) is 29.2 Å². The first-order valence-corrected chi connectivity index (χ1v) is 7.48. The molecule has 2 N–H and O–H groups in total. The van der Waals surface area contributed by atoms with Gasteiger partial charge in [0.05, 0.1) is 11.7 Å². The van der Waals surface area contributed by atoms with Crippen molar-refractivity contribution in [2.24, 2.45) is 5.73 Å². The molecular weight excluding hydrogens is 254 g/mol. The Hall–Kier alpha value is -1.39. The summed E-state index contributed by atoms with van der Waals surface area (Å²) in [6.07, 6.45) is 3.55. The van der Waals surface area contributed by atoms with Crippen molar-refractivity contribution >= 4 is 17.0 Å². The summed E-state index contributed by atoms with van der Waals surface area (Å²) in [6.45, 7) is 0. The Balaban J connectivity index is 1.84. The number of rotatable bonds is 3. The summed E-state index contributed by atoms with van der Waals surface area (Å²) in [6, 6.07) is 8.33. The lowest BCUT2D eigenvalue weighted by Crippen LogP contribution is -2.13. The van der Waals surface area contributed by atoms with Crippen LogP contribution in [0.4, 0.5) is 5.69 Å². The van der Waals surface area contributed by atoms with E-state index in [9.17, 15) is 0 Å². The molecule has 1 aliphatic rings. The molecule has 1 aliphatic carbocycles. The molecule has 100 valence electrons. The Morgan fingerprint density at radius 2 is 1.95 bits per heavy atom. The van der Waals surface area contributed by atoms with E-state index >= 15 is 0 Å². The number of anilines is 1. The normalized spacial score (nSPS) is 15.3. The number of hydrogen-bond donors (Lipinski definition) is 1. The van der Waals surface area contributed by atoms with Crippen molar-refractivity contribution in [1.29, 1.82) is 0 Å². The Kier molecular flexibility index (Phi) is 3.29. The van der Waals surface area contributed by atoms with Crippen molar-refractivity contribution in [3.63, 3.8) is 0 Å². The number of hydrogen-bond acceptors (Lipinski definition) is 4. The van der Waals surface area contributed by atoms with Gasteiger partial charge in [0.2, 0.25) is 0 Å². The highest BCUT2D eigenvalue weighted by atomic mass is 32.1. The third-order valence-electron chi connectivity index (χ3n) is 3.65. The molecule has 1 atom stereocenters. The number of aromatic nitrogens is 1. The molecule has 1 aromatic heterocycles. The van der Waals surface area contributed by atoms with E-state index in [0.29, 0.717) is 0 Å². The molecule has 0 spiro atoms. The van der Waals surface area contributed by atoms with Gasteiger partial charge in [-0.2, -0.15) is 0 Å². The molecule has 0 radical (unpaired) electrons. The molecule has 1 unspecified atom stereocenters. The molecule has 0 fully saturated rings. The lowest BCUT2D eigenvalue weighted by Gasteiger charge is -2.14. The second-order valence-corrected chi connectivity index (χ2v) is 6.35. The fourth-order valence-corrected chi connectivity index (χ4v) is 3.65. The highest BCUT2D eigenvalue weighted by Gasteiger charge is 2.20. The van der Waals surface area contributed by atoms with Crippen molar-refractivity contribution in [3.8, 4) is 0 Å². The van der Waals surface area contributed by atoms with E-state index in [1.807, 2.05) is 14.1 Å². The maximum Gasteiger partial charge on any atom is 0.114 e. The van der Waals surface area contributed by atoms with E-state index in [4.69, 9.17) is 10.7 Å². The van der Waals surface area contributed by atoms with Crippen molar-refractivity contribution in [2.75, 3.05) is 19.0 Å². The predicted molar refractivity (Wildman–Crippen MR) is 80.9 cm³/mol. The minimum Gasteiger partial charge on any atom is -0.378 e. The molecule has 3 nitrogen and oxygen atoms in total. The van der Waals surface area contributed by atoms with Gasteiger partial charge in [-0.3, -0.25) is 0 Å². The first-order valence-electron chi connectivity index (χ1n) is 6.66. The lowest BCUT2D eigenvalue weighted by atomic mass is 10.1. The molecule has 4 heteroatoms. The molecule has 0 amide bonds. The fraction of sp³-hybridized carbons (Fsp3) is 0.400. The van der Waals surface area contributed by atoms with Crippen LogP contribution in [-0.2, 0) is 12.8 Å². The van der Waals surface area contributed by atoms with Crippen molar-refractivity contribution in [1.82, 2.24) is 4.98 Å². The molecule has 19 heavy (non-hydrogen) atoms. The summed E-state index contributed by atoms with van der Waals surface area (Å²) in [7, 11) is 4.08. The van der Waals surface area contributed by atoms with E-state index in [-0.39, 0.29) is 6.04 Å². The Labute approximate surface area is 118 Å². The number of fused-ring (bicyclic) bond motifs is 1. The van der Waals surface area contributed by atoms with Gasteiger partial charge in [0, 0.05) is 24.7 Å². The van der Waals surface area contributed by atoms with Crippen LogP contribution in [0.5, 0.6) is 0 Å². The summed E-state index contributed by atoms with van der Waals surface area (Å²) in [5, 5.41) is 1.06. The molecule has 1 aromatic carbocycles. The van der Waals surface area contributed by atoms with Crippen LogP contribution in [0.3, 0.4) is 0 Å². The highest BCUT2D eigenvalue weighted by molar-refractivity contribution is 7.11. The minimum atomic E-state index is -0.0909. The Bertz CT molecular complexity index is 550. The average molecular weight is 273 g/mol. The molecule has 0 saturated heterocycles. The first kappa shape index (κ1) is 12.6. The van der Waals surface area contributed by atoms with Gasteiger partial charge in [-0.1, -0.05) is 12.1 Å². The third kappa shape index (κ3) is 2.38. The summed E-state index contributed by atoms with van der Waals surface area (Å²) < 4.78 is 0. The number of thiazole rings is 1. The molecular formula is C15H19N3S. The van der Waals surface area contributed by atoms with E-state index in [1.54, 1.807) is 11.3 Å². The van der Waals surface area contributed by atoms with Gasteiger partial charge in [-0.25, -0.2) is 4.98 Å². The minimum absolute atomic E-state index is 0.0909. The molecule has 0 bridgehead atoms. The first-order chi connectivity index (χ1) is 9.15. The standard InChI is InChI=1S/C15H19N3S/c1-18(2)11-8-6-10(7-9-11)14(16)15-17-12-4-3-5-13(12)19-15/h6-9,14H,3-5,16H2,1-2H3. The smallest absolute Gasteiger partial charge is 0.114 e. The number of nitrogens with zero attached hydrogens (tertiary/aromatic N) is 2. The van der Waals surface area contributed by atoms with Crippen LogP contribution in [0, 0.1) is 0 Å². The van der Waals surface area contributed by atoms with E-state index in [1.165, 1.54) is 29.1 Å². The van der Waals surface area contributed by atoms with Crippen molar-refractivity contribution in [3.05, 3.63) is 45.4 Å². The third-order valence-corrected chi connectivity index (χ3v) is 4.89. The zero-order valence-electron chi connectivity index (χ0n) is 11.4. The van der Waals surface area contributed by atoms with Gasteiger partial charge in [-0.05, 0) is 37.0 Å². The largest absolute Gasteiger partial charge is 0.378 e. The predicted octanol–water partition coefficient (Wildman–Crippen LogP) is 2.75. The van der Waals surface area contributed by atoms with Gasteiger partial charge in [-0.15, -0.1) is 11.3 Å². The average Bonchev–Trinajstić information content (AvgIpc) is 2.98. The zero-order chi connectivity index (χ0) is 13.4. The zero-order valence-corrected chi connectivity index (χ0v) is 12.2. The highest BCUT2D eigenvalue weighted by Crippen LogP contribution is 2.32. The monoisotopic (exact) mass is 273 g/mol. The summed E-state index contributed by atoms with van der Waals surface area (Å²) in [5.74, 6) is 0. The second kappa shape index (κ2) is 4.94. The molecule has 0 aliphatic heterocycles. The second-order valence-electron chi connectivity index (χ2n) is 5.24. The van der Waals surface area contributed by atoms with Gasteiger partial charge in [0.25, 0.3) is 0 Å². The SMILES string of the molecule is CN(C)c1ccc(C(N)c2nc3c(s2)CCC3)cc1.